The van der Waals surface area contributed by atoms with Gasteiger partial charge in [-0.2, -0.15) is 0 Å². The molecule has 0 saturated heterocycles. The molecule has 0 atom stereocenters. The van der Waals surface area contributed by atoms with Crippen LogP contribution in [0.15, 0.2) is 29.6 Å². The first-order valence-electron chi connectivity index (χ1n) is 4.74. The third-order valence-electron chi connectivity index (χ3n) is 2.01. The molecule has 4 nitrogen and oxygen atoms in total. The number of nitrogens with one attached hydrogen (secondary N) is 1. The maximum Gasteiger partial charge on any atom is 0.257 e. The summed E-state index contributed by atoms with van der Waals surface area (Å²) in [6.07, 6.45) is 0. The predicted molar refractivity (Wildman–Crippen MR) is 65.7 cm³/mol. The van der Waals surface area contributed by atoms with Crippen molar-refractivity contribution >= 4 is 28.1 Å². The van der Waals surface area contributed by atoms with Gasteiger partial charge >= 0.3 is 0 Å². The quantitative estimate of drug-likeness (QED) is 0.782. The van der Waals surface area contributed by atoms with Crippen LogP contribution in [0.3, 0.4) is 0 Å². The Balaban J connectivity index is 2.11. The fourth-order valence-electron chi connectivity index (χ4n) is 1.22. The number of carbonyl (C=O) groups excluding carboxylic acids is 1. The molecule has 0 fully saturated rings. The molecule has 1 heterocycles. The second-order valence-corrected chi connectivity index (χ2v) is 4.23. The summed E-state index contributed by atoms with van der Waals surface area (Å²) in [5.74, 6) is -0.172. The number of nitrogens with two attached hydrogens (primary N) is 1. The minimum Gasteiger partial charge on any atom is -0.399 e. The standard InChI is InChI=1S/C11H11N3OS/c1-7-6-16-11(13-7)14-10(15)8-2-4-9(12)5-3-8/h2-6H,12H2,1H3,(H,13,14,15). The molecule has 0 aliphatic heterocycles. The fraction of sp³-hybridized carbons (Fsp3) is 0.0909. The Labute approximate surface area is 97.1 Å². The second kappa shape index (κ2) is 4.32. The molecule has 0 aliphatic carbocycles. The van der Waals surface area contributed by atoms with Crippen molar-refractivity contribution < 1.29 is 4.79 Å². The minimum absolute atomic E-state index is 0.172. The van der Waals surface area contributed by atoms with Gasteiger partial charge in [0.25, 0.3) is 5.91 Å². The van der Waals surface area contributed by atoms with E-state index in [2.05, 4.69) is 10.3 Å². The van der Waals surface area contributed by atoms with Crippen LogP contribution in [0.1, 0.15) is 16.1 Å². The lowest BCUT2D eigenvalue weighted by Gasteiger charge is -2.01. The molecule has 16 heavy (non-hydrogen) atoms. The Hall–Kier alpha value is -1.88. The minimum atomic E-state index is -0.172. The van der Waals surface area contributed by atoms with E-state index in [1.165, 1.54) is 11.3 Å². The molecule has 2 rings (SSSR count). The fourth-order valence-corrected chi connectivity index (χ4v) is 1.90. The van der Waals surface area contributed by atoms with Gasteiger partial charge in [-0.25, -0.2) is 4.98 Å². The van der Waals surface area contributed by atoms with Crippen LogP contribution in [0.2, 0.25) is 0 Å². The SMILES string of the molecule is Cc1csc(NC(=O)c2ccc(N)cc2)n1. The van der Waals surface area contributed by atoms with Crippen molar-refractivity contribution in [1.82, 2.24) is 4.98 Å². The van der Waals surface area contributed by atoms with Crippen molar-refractivity contribution in [2.45, 2.75) is 6.92 Å². The lowest BCUT2D eigenvalue weighted by atomic mass is 10.2. The highest BCUT2D eigenvalue weighted by Crippen LogP contribution is 2.16. The van der Waals surface area contributed by atoms with E-state index in [1.54, 1.807) is 24.3 Å². The van der Waals surface area contributed by atoms with Crippen LogP contribution in [-0.4, -0.2) is 10.9 Å². The Morgan fingerprint density at radius 1 is 1.38 bits per heavy atom. The van der Waals surface area contributed by atoms with E-state index < -0.39 is 0 Å². The predicted octanol–water partition coefficient (Wildman–Crippen LogP) is 2.29. The third-order valence-corrected chi connectivity index (χ3v) is 2.89. The number of nitrogens with zero attached hydrogens (tertiary/aromatic N) is 1. The number of thiazole rings is 1. The van der Waals surface area contributed by atoms with Crippen LogP contribution in [0.25, 0.3) is 0 Å². The van der Waals surface area contributed by atoms with E-state index in [1.807, 2.05) is 12.3 Å². The average molecular weight is 233 g/mol. The van der Waals surface area contributed by atoms with Gasteiger partial charge in [0.15, 0.2) is 5.13 Å². The summed E-state index contributed by atoms with van der Waals surface area (Å²) in [6, 6.07) is 6.76. The van der Waals surface area contributed by atoms with E-state index in [4.69, 9.17) is 5.73 Å². The number of amides is 1. The van der Waals surface area contributed by atoms with E-state index in [9.17, 15) is 4.79 Å². The summed E-state index contributed by atoms with van der Waals surface area (Å²) in [5.41, 5.74) is 7.65. The highest BCUT2D eigenvalue weighted by molar-refractivity contribution is 7.13. The molecular weight excluding hydrogens is 222 g/mol. The van der Waals surface area contributed by atoms with Crippen LogP contribution in [0.4, 0.5) is 10.8 Å². The number of anilines is 2. The Morgan fingerprint density at radius 2 is 2.06 bits per heavy atom. The van der Waals surface area contributed by atoms with Crippen molar-refractivity contribution in [3.63, 3.8) is 0 Å². The number of nitrogen functional groups attached to an aromatic ring is 1. The molecule has 0 radical (unpaired) electrons. The summed E-state index contributed by atoms with van der Waals surface area (Å²) in [5, 5.41) is 5.22. The molecule has 1 aromatic carbocycles. The molecule has 82 valence electrons. The van der Waals surface area contributed by atoms with Crippen LogP contribution in [0, 0.1) is 6.92 Å². The summed E-state index contributed by atoms with van der Waals surface area (Å²) in [6.45, 7) is 1.88. The molecule has 0 aliphatic rings. The first-order chi connectivity index (χ1) is 7.65. The number of aromatic nitrogens is 1. The zero-order chi connectivity index (χ0) is 11.5. The molecular formula is C11H11N3OS. The van der Waals surface area contributed by atoms with Crippen LogP contribution in [-0.2, 0) is 0 Å². The zero-order valence-corrected chi connectivity index (χ0v) is 9.54. The molecule has 0 unspecified atom stereocenters. The van der Waals surface area contributed by atoms with E-state index >= 15 is 0 Å². The Kier molecular flexibility index (Phi) is 2.87. The van der Waals surface area contributed by atoms with E-state index in [0.29, 0.717) is 16.4 Å². The average Bonchev–Trinajstić information content (AvgIpc) is 2.65. The Bertz CT molecular complexity index is 504. The van der Waals surface area contributed by atoms with Crippen molar-refractivity contribution in [2.24, 2.45) is 0 Å². The summed E-state index contributed by atoms with van der Waals surface area (Å²) in [7, 11) is 0. The molecule has 5 heteroatoms. The van der Waals surface area contributed by atoms with Gasteiger partial charge in [0, 0.05) is 16.6 Å². The van der Waals surface area contributed by atoms with Crippen molar-refractivity contribution in [2.75, 3.05) is 11.1 Å². The molecule has 0 saturated carbocycles. The molecule has 3 N–H and O–H groups in total. The maximum absolute atomic E-state index is 11.7. The summed E-state index contributed by atoms with van der Waals surface area (Å²) >= 11 is 1.41. The van der Waals surface area contributed by atoms with Gasteiger partial charge < -0.3 is 5.73 Å². The number of carbonyl (C=O) groups is 1. The summed E-state index contributed by atoms with van der Waals surface area (Å²) < 4.78 is 0. The van der Waals surface area contributed by atoms with Crippen molar-refractivity contribution in [3.05, 3.63) is 40.9 Å². The topological polar surface area (TPSA) is 68.0 Å². The number of hydrogen-bond donors (Lipinski definition) is 2. The van der Waals surface area contributed by atoms with Gasteiger partial charge in [0.05, 0.1) is 5.69 Å². The monoisotopic (exact) mass is 233 g/mol. The van der Waals surface area contributed by atoms with Crippen LogP contribution < -0.4 is 11.1 Å². The van der Waals surface area contributed by atoms with E-state index in [0.717, 1.165) is 5.69 Å². The van der Waals surface area contributed by atoms with Gasteiger partial charge in [-0.05, 0) is 31.2 Å². The zero-order valence-electron chi connectivity index (χ0n) is 8.73. The Morgan fingerprint density at radius 3 is 2.62 bits per heavy atom. The van der Waals surface area contributed by atoms with Gasteiger partial charge in [-0.15, -0.1) is 11.3 Å². The molecule has 0 bridgehead atoms. The first kappa shape index (κ1) is 10.6. The van der Waals surface area contributed by atoms with Crippen LogP contribution >= 0.6 is 11.3 Å². The van der Waals surface area contributed by atoms with Gasteiger partial charge in [-0.3, -0.25) is 10.1 Å². The molecule has 2 aromatic rings. The van der Waals surface area contributed by atoms with Gasteiger partial charge in [0.2, 0.25) is 0 Å². The number of aryl methyl sites for hydroxylation is 1. The van der Waals surface area contributed by atoms with Crippen molar-refractivity contribution in [3.8, 4) is 0 Å². The summed E-state index contributed by atoms with van der Waals surface area (Å²) in [4.78, 5) is 15.9. The lowest BCUT2D eigenvalue weighted by Crippen LogP contribution is -2.11. The highest BCUT2D eigenvalue weighted by Gasteiger charge is 2.07. The largest absolute Gasteiger partial charge is 0.399 e. The molecule has 1 aromatic heterocycles. The van der Waals surface area contributed by atoms with Crippen molar-refractivity contribution in [1.29, 1.82) is 0 Å². The lowest BCUT2D eigenvalue weighted by molar-refractivity contribution is 0.102. The molecule has 0 spiro atoms. The normalized spacial score (nSPS) is 10.1. The smallest absolute Gasteiger partial charge is 0.257 e. The number of rotatable bonds is 2. The third kappa shape index (κ3) is 2.38. The second-order valence-electron chi connectivity index (χ2n) is 3.37. The van der Waals surface area contributed by atoms with Gasteiger partial charge in [0.1, 0.15) is 0 Å². The highest BCUT2D eigenvalue weighted by atomic mass is 32.1. The number of hydrogen-bond acceptors (Lipinski definition) is 4. The first-order valence-corrected chi connectivity index (χ1v) is 5.62. The van der Waals surface area contributed by atoms with E-state index in [-0.39, 0.29) is 5.91 Å². The molecule has 1 amide bonds. The maximum atomic E-state index is 11.7. The number of benzene rings is 1. The van der Waals surface area contributed by atoms with Gasteiger partial charge in [-0.1, -0.05) is 0 Å². The van der Waals surface area contributed by atoms with Crippen LogP contribution in [0.5, 0.6) is 0 Å².